The molecule has 190 valence electrons. The molecule has 0 aliphatic rings. The number of esters is 2. The summed E-state index contributed by atoms with van der Waals surface area (Å²) >= 11 is 0. The molecule has 0 atom stereocenters. The Hall–Kier alpha value is -1.63. The number of carboxylic acid groups (broad SMARTS) is 1. The number of aliphatic carboxylic acids is 1. The van der Waals surface area contributed by atoms with E-state index >= 15 is 0 Å². The van der Waals surface area contributed by atoms with Crippen LogP contribution in [0.2, 0.25) is 0 Å². The Balaban J connectivity index is 0. The lowest BCUT2D eigenvalue weighted by atomic mass is 10.1. The van der Waals surface area contributed by atoms with Gasteiger partial charge in [-0.3, -0.25) is 19.3 Å². The molecule has 0 unspecified atom stereocenters. The molecule has 1 N–H and O–H groups in total. The number of unbranched alkanes of at least 4 members (excludes halogenated alkanes) is 10. The summed E-state index contributed by atoms with van der Waals surface area (Å²) in [5, 5.41) is 9.00. The molecule has 0 saturated carbocycles. The molecule has 0 heterocycles. The van der Waals surface area contributed by atoms with Crippen molar-refractivity contribution in [1.82, 2.24) is 4.90 Å². The first kappa shape index (κ1) is 32.5. The van der Waals surface area contributed by atoms with E-state index in [0.29, 0.717) is 13.2 Å². The van der Waals surface area contributed by atoms with Crippen molar-refractivity contribution >= 4 is 17.9 Å². The number of ether oxygens (including phenoxy) is 2. The fraction of sp³-hybridized carbons (Fsp3) is 0.880. The minimum absolute atomic E-state index is 0.228. The molecular formula is C25H49NO6. The highest BCUT2D eigenvalue weighted by Gasteiger charge is 2.19. The fourth-order valence-corrected chi connectivity index (χ4v) is 2.95. The van der Waals surface area contributed by atoms with Gasteiger partial charge in [-0.05, 0) is 12.8 Å². The maximum Gasteiger partial charge on any atom is 0.320 e. The summed E-state index contributed by atoms with van der Waals surface area (Å²) in [5.41, 5.74) is 0. The van der Waals surface area contributed by atoms with Gasteiger partial charge in [-0.1, -0.05) is 98.3 Å². The second-order valence-corrected chi connectivity index (χ2v) is 8.22. The predicted molar refractivity (Wildman–Crippen MR) is 129 cm³/mol. The zero-order valence-electron chi connectivity index (χ0n) is 21.2. The number of carbonyl (C=O) groups is 3. The van der Waals surface area contributed by atoms with E-state index in [2.05, 4.69) is 27.7 Å². The van der Waals surface area contributed by atoms with Gasteiger partial charge in [0.15, 0.2) is 0 Å². The number of rotatable bonds is 20. The summed E-state index contributed by atoms with van der Waals surface area (Å²) in [7, 11) is 0. The largest absolute Gasteiger partial charge is 0.480 e. The molecule has 0 aliphatic heterocycles. The van der Waals surface area contributed by atoms with Gasteiger partial charge in [-0.25, -0.2) is 0 Å². The highest BCUT2D eigenvalue weighted by molar-refractivity contribution is 5.77. The standard InChI is InChI=1S/C22H41NO6.C3H8/c1-3-5-7-9-11-13-15-28-21(26)18-23(17-20(24)25)19-22(27)29-16-14-12-10-8-6-4-2;1-3-2/h3-19H2,1-2H3,(H,24,25);3H2,1-2H3. The molecule has 0 aliphatic carbocycles. The molecule has 0 radical (unpaired) electrons. The van der Waals surface area contributed by atoms with Crippen LogP contribution in [0.1, 0.15) is 111 Å². The van der Waals surface area contributed by atoms with Crippen LogP contribution in [0.3, 0.4) is 0 Å². The second kappa shape index (κ2) is 25.6. The smallest absolute Gasteiger partial charge is 0.320 e. The van der Waals surface area contributed by atoms with E-state index in [1.165, 1.54) is 49.8 Å². The predicted octanol–water partition coefficient (Wildman–Crippen LogP) is 5.60. The summed E-state index contributed by atoms with van der Waals surface area (Å²) < 4.78 is 10.3. The Morgan fingerprint density at radius 2 is 0.938 bits per heavy atom. The molecule has 0 amide bonds. The van der Waals surface area contributed by atoms with Crippen LogP contribution >= 0.6 is 0 Å². The average molecular weight is 460 g/mol. The Morgan fingerprint density at radius 3 is 1.28 bits per heavy atom. The highest BCUT2D eigenvalue weighted by Crippen LogP contribution is 2.06. The van der Waals surface area contributed by atoms with E-state index in [1.807, 2.05) is 0 Å². The first-order valence-corrected chi connectivity index (χ1v) is 12.7. The van der Waals surface area contributed by atoms with Crippen molar-refractivity contribution in [2.24, 2.45) is 0 Å². The van der Waals surface area contributed by atoms with E-state index in [9.17, 15) is 14.4 Å². The van der Waals surface area contributed by atoms with Crippen LogP contribution in [0.4, 0.5) is 0 Å². The third-order valence-corrected chi connectivity index (χ3v) is 4.59. The van der Waals surface area contributed by atoms with Gasteiger partial charge in [0.1, 0.15) is 0 Å². The van der Waals surface area contributed by atoms with Gasteiger partial charge in [0.25, 0.3) is 0 Å². The van der Waals surface area contributed by atoms with Crippen LogP contribution in [-0.4, -0.2) is 60.8 Å². The average Bonchev–Trinajstić information content (AvgIpc) is 2.72. The molecule has 32 heavy (non-hydrogen) atoms. The van der Waals surface area contributed by atoms with Gasteiger partial charge in [-0.2, -0.15) is 0 Å². The van der Waals surface area contributed by atoms with Gasteiger partial charge < -0.3 is 14.6 Å². The van der Waals surface area contributed by atoms with Crippen molar-refractivity contribution in [3.63, 3.8) is 0 Å². The van der Waals surface area contributed by atoms with Crippen molar-refractivity contribution in [3.05, 3.63) is 0 Å². The van der Waals surface area contributed by atoms with Crippen molar-refractivity contribution in [3.8, 4) is 0 Å². The van der Waals surface area contributed by atoms with Crippen molar-refractivity contribution in [2.75, 3.05) is 32.8 Å². The number of hydrogen-bond acceptors (Lipinski definition) is 6. The molecular weight excluding hydrogens is 410 g/mol. The number of carbonyl (C=O) groups excluding carboxylic acids is 2. The SMILES string of the molecule is CCC.CCCCCCCCOC(=O)CN(CC(=O)O)CC(=O)OCCCCCCCC. The third-order valence-electron chi connectivity index (χ3n) is 4.59. The summed E-state index contributed by atoms with van der Waals surface area (Å²) in [6.07, 6.45) is 14.3. The zero-order valence-corrected chi connectivity index (χ0v) is 21.2. The summed E-state index contributed by atoms with van der Waals surface area (Å²) in [5.74, 6) is -2.12. The van der Waals surface area contributed by atoms with Crippen LogP contribution in [0.5, 0.6) is 0 Å². The van der Waals surface area contributed by atoms with Crippen LogP contribution in [0, 0.1) is 0 Å². The van der Waals surface area contributed by atoms with Crippen LogP contribution in [0.15, 0.2) is 0 Å². The van der Waals surface area contributed by atoms with Gasteiger partial charge in [0.05, 0.1) is 32.8 Å². The Labute approximate surface area is 196 Å². The van der Waals surface area contributed by atoms with Gasteiger partial charge in [-0.15, -0.1) is 0 Å². The molecule has 0 aromatic carbocycles. The first-order chi connectivity index (χ1) is 15.4. The fourth-order valence-electron chi connectivity index (χ4n) is 2.95. The Morgan fingerprint density at radius 1 is 0.594 bits per heavy atom. The van der Waals surface area contributed by atoms with E-state index in [4.69, 9.17) is 14.6 Å². The monoisotopic (exact) mass is 459 g/mol. The molecule has 0 bridgehead atoms. The summed E-state index contributed by atoms with van der Waals surface area (Å²) in [6.45, 7) is 8.37. The highest BCUT2D eigenvalue weighted by atomic mass is 16.5. The minimum Gasteiger partial charge on any atom is -0.480 e. The van der Waals surface area contributed by atoms with E-state index < -0.39 is 24.5 Å². The van der Waals surface area contributed by atoms with Crippen molar-refractivity contribution in [1.29, 1.82) is 0 Å². The Kier molecular flexibility index (Phi) is 26.1. The van der Waals surface area contributed by atoms with E-state index in [-0.39, 0.29) is 13.1 Å². The molecule has 7 nitrogen and oxygen atoms in total. The molecule has 0 saturated heterocycles. The van der Waals surface area contributed by atoms with Gasteiger partial charge in [0, 0.05) is 0 Å². The lowest BCUT2D eigenvalue weighted by Crippen LogP contribution is -2.39. The Bertz CT molecular complexity index is 424. The molecule has 7 heteroatoms. The maximum atomic E-state index is 11.9. The first-order valence-electron chi connectivity index (χ1n) is 12.7. The van der Waals surface area contributed by atoms with E-state index in [0.717, 1.165) is 38.5 Å². The molecule has 0 fully saturated rings. The number of nitrogens with zero attached hydrogens (tertiary/aromatic N) is 1. The molecule has 0 rings (SSSR count). The minimum atomic E-state index is -1.10. The van der Waals surface area contributed by atoms with Crippen molar-refractivity contribution < 1.29 is 29.0 Å². The topological polar surface area (TPSA) is 93.1 Å². The summed E-state index contributed by atoms with van der Waals surface area (Å²) in [4.78, 5) is 36.1. The molecule has 0 spiro atoms. The third kappa shape index (κ3) is 26.4. The summed E-state index contributed by atoms with van der Waals surface area (Å²) in [6, 6.07) is 0. The van der Waals surface area contributed by atoms with Crippen molar-refractivity contribution in [2.45, 2.75) is 111 Å². The molecule has 0 aromatic heterocycles. The van der Waals surface area contributed by atoms with Gasteiger partial charge >= 0.3 is 17.9 Å². The number of carboxylic acids is 1. The lowest BCUT2D eigenvalue weighted by molar-refractivity contribution is -0.150. The number of hydrogen-bond donors (Lipinski definition) is 1. The van der Waals surface area contributed by atoms with E-state index in [1.54, 1.807) is 0 Å². The quantitative estimate of drug-likeness (QED) is 0.187. The normalized spacial score (nSPS) is 10.4. The second-order valence-electron chi connectivity index (χ2n) is 8.22. The zero-order chi connectivity index (χ0) is 24.5. The van der Waals surface area contributed by atoms with Crippen LogP contribution in [-0.2, 0) is 23.9 Å². The van der Waals surface area contributed by atoms with Crippen LogP contribution < -0.4 is 0 Å². The molecule has 0 aromatic rings. The lowest BCUT2D eigenvalue weighted by Gasteiger charge is -2.18. The van der Waals surface area contributed by atoms with Crippen LogP contribution in [0.25, 0.3) is 0 Å². The maximum absolute atomic E-state index is 11.9. The van der Waals surface area contributed by atoms with Gasteiger partial charge in [0.2, 0.25) is 0 Å².